The van der Waals surface area contributed by atoms with Crippen molar-refractivity contribution < 1.29 is 9.53 Å². The van der Waals surface area contributed by atoms with Gasteiger partial charge in [0.2, 0.25) is 0 Å². The van der Waals surface area contributed by atoms with E-state index in [9.17, 15) is 4.79 Å². The summed E-state index contributed by atoms with van der Waals surface area (Å²) >= 11 is 3.32. The quantitative estimate of drug-likeness (QED) is 0.849. The topological polar surface area (TPSA) is 38.3 Å². The molecule has 2 heterocycles. The van der Waals surface area contributed by atoms with Crippen molar-refractivity contribution in [2.45, 2.75) is 37.3 Å². The molecule has 0 aromatic heterocycles. The van der Waals surface area contributed by atoms with Gasteiger partial charge in [-0.15, -0.1) is 0 Å². The summed E-state index contributed by atoms with van der Waals surface area (Å²) in [6.07, 6.45) is 5.27. The number of hydrogen-bond acceptors (Lipinski definition) is 3. The Bertz CT molecular complexity index is 557. The van der Waals surface area contributed by atoms with Crippen LogP contribution in [0, 0.1) is 5.92 Å². The third-order valence-corrected chi connectivity index (χ3v) is 5.01. The number of carbonyl (C=O) groups is 1. The summed E-state index contributed by atoms with van der Waals surface area (Å²) in [6, 6.07) is 9.26. The molecule has 0 spiro atoms. The predicted molar refractivity (Wildman–Crippen MR) is 87.2 cm³/mol. The van der Waals surface area contributed by atoms with E-state index in [1.165, 1.54) is 12.7 Å². The number of rotatable bonds is 3. The largest absolute Gasteiger partial charge is 0.469 e. The predicted octanol–water partition coefficient (Wildman–Crippen LogP) is 3.45. The highest BCUT2D eigenvalue weighted by molar-refractivity contribution is 9.11. The van der Waals surface area contributed by atoms with E-state index in [0.717, 1.165) is 24.8 Å². The van der Waals surface area contributed by atoms with E-state index in [0.29, 0.717) is 6.04 Å². The number of hydrogen-bond donors (Lipinski definition) is 1. The van der Waals surface area contributed by atoms with Gasteiger partial charge in [-0.1, -0.05) is 40.2 Å². The number of fused-ring (bicyclic) bond motifs is 2. The molecule has 4 atom stereocenters. The van der Waals surface area contributed by atoms with Gasteiger partial charge in [0.1, 0.15) is 0 Å². The lowest BCUT2D eigenvalue weighted by Gasteiger charge is -2.36. The van der Waals surface area contributed by atoms with Crippen LogP contribution in [0.15, 0.2) is 29.3 Å². The van der Waals surface area contributed by atoms with Gasteiger partial charge in [-0.2, -0.15) is 0 Å². The van der Waals surface area contributed by atoms with Gasteiger partial charge in [0.05, 0.1) is 13.0 Å². The molecule has 2 fully saturated rings. The van der Waals surface area contributed by atoms with Gasteiger partial charge in [0.15, 0.2) is 0 Å². The van der Waals surface area contributed by atoms with E-state index >= 15 is 0 Å². The lowest BCUT2D eigenvalue weighted by atomic mass is 9.76. The highest BCUT2D eigenvalue weighted by atomic mass is 79.9. The minimum absolute atomic E-state index is 0.0723. The first-order chi connectivity index (χ1) is 10.2. The Morgan fingerprint density at radius 1 is 1.43 bits per heavy atom. The Hall–Kier alpha value is -1.13. The Labute approximate surface area is 133 Å². The van der Waals surface area contributed by atoms with E-state index in [2.05, 4.69) is 45.5 Å². The molecule has 1 N–H and O–H groups in total. The second-order valence-corrected chi connectivity index (χ2v) is 6.43. The second-order valence-electron chi connectivity index (χ2n) is 5.90. The van der Waals surface area contributed by atoms with Gasteiger partial charge in [0, 0.05) is 18.0 Å². The lowest BCUT2D eigenvalue weighted by Crippen LogP contribution is -2.48. The van der Waals surface area contributed by atoms with Gasteiger partial charge in [-0.05, 0) is 41.5 Å². The van der Waals surface area contributed by atoms with Crippen LogP contribution >= 0.6 is 15.9 Å². The van der Waals surface area contributed by atoms with E-state index < -0.39 is 0 Å². The number of halogens is 1. The molecule has 112 valence electrons. The summed E-state index contributed by atoms with van der Waals surface area (Å²) in [5.74, 6) is 0.0936. The first kappa shape index (κ1) is 14.8. The molecule has 2 saturated heterocycles. The van der Waals surface area contributed by atoms with E-state index in [1.54, 1.807) is 0 Å². The number of esters is 1. The smallest absolute Gasteiger partial charge is 0.310 e. The maximum atomic E-state index is 12.3. The zero-order chi connectivity index (χ0) is 14.8. The summed E-state index contributed by atoms with van der Waals surface area (Å²) in [4.78, 5) is 14.1. The standard InChI is InChI=1S/C17H20BrNO2/c1-21-17(20)16-14(10-13-5-6-15(16)19-13)12-4-2-3-11(9-12)7-8-18/h2-4,7-9,13-16,19H,5-6,10H2,1H3/b8-7-/t13?,14-,15?,16+/m1/s1. The molecule has 0 amide bonds. The van der Waals surface area contributed by atoms with Crippen LogP contribution < -0.4 is 5.32 Å². The van der Waals surface area contributed by atoms with Crippen LogP contribution in [0.5, 0.6) is 0 Å². The Morgan fingerprint density at radius 3 is 3.05 bits per heavy atom. The number of carbonyl (C=O) groups excluding carboxylic acids is 1. The van der Waals surface area contributed by atoms with Crippen LogP contribution in [-0.2, 0) is 9.53 Å². The third-order valence-electron chi connectivity index (χ3n) is 4.75. The molecule has 1 aromatic carbocycles. The maximum absolute atomic E-state index is 12.3. The van der Waals surface area contributed by atoms with Crippen molar-refractivity contribution in [2.75, 3.05) is 7.11 Å². The van der Waals surface area contributed by atoms with Crippen molar-refractivity contribution in [3.63, 3.8) is 0 Å². The van der Waals surface area contributed by atoms with Crippen LogP contribution in [0.2, 0.25) is 0 Å². The molecule has 0 radical (unpaired) electrons. The molecular weight excluding hydrogens is 330 g/mol. The fraction of sp³-hybridized carbons (Fsp3) is 0.471. The monoisotopic (exact) mass is 349 g/mol. The van der Waals surface area contributed by atoms with Crippen molar-refractivity contribution in [3.8, 4) is 0 Å². The minimum Gasteiger partial charge on any atom is -0.469 e. The zero-order valence-electron chi connectivity index (χ0n) is 12.1. The minimum atomic E-state index is -0.0840. The summed E-state index contributed by atoms with van der Waals surface area (Å²) in [5, 5.41) is 3.57. The fourth-order valence-corrected chi connectivity index (χ4v) is 4.13. The number of benzene rings is 1. The fourth-order valence-electron chi connectivity index (χ4n) is 3.83. The number of methoxy groups -OCH3 is 1. The summed E-state index contributed by atoms with van der Waals surface area (Å²) in [6.45, 7) is 0. The van der Waals surface area contributed by atoms with Gasteiger partial charge < -0.3 is 10.1 Å². The van der Waals surface area contributed by atoms with E-state index in [1.807, 2.05) is 11.1 Å². The van der Waals surface area contributed by atoms with Gasteiger partial charge in [-0.3, -0.25) is 4.79 Å². The molecule has 0 saturated carbocycles. The summed E-state index contributed by atoms with van der Waals surface area (Å²) in [7, 11) is 1.49. The molecular formula is C17H20BrNO2. The highest BCUT2D eigenvalue weighted by Gasteiger charge is 2.46. The Kier molecular flexibility index (Phi) is 4.45. The molecule has 3 rings (SSSR count). The Balaban J connectivity index is 1.94. The molecule has 2 unspecified atom stereocenters. The maximum Gasteiger partial charge on any atom is 0.310 e. The molecule has 21 heavy (non-hydrogen) atoms. The van der Waals surface area contributed by atoms with Crippen molar-refractivity contribution in [2.24, 2.45) is 5.92 Å². The van der Waals surface area contributed by atoms with Crippen LogP contribution in [0.1, 0.15) is 36.3 Å². The molecule has 2 aliphatic heterocycles. The normalized spacial score (nSPS) is 31.5. The average Bonchev–Trinajstić information content (AvgIpc) is 2.88. The number of nitrogens with one attached hydrogen (secondary N) is 1. The van der Waals surface area contributed by atoms with Crippen molar-refractivity contribution in [1.29, 1.82) is 0 Å². The number of ether oxygens (including phenoxy) is 1. The van der Waals surface area contributed by atoms with Crippen molar-refractivity contribution in [3.05, 3.63) is 40.4 Å². The van der Waals surface area contributed by atoms with Gasteiger partial charge in [-0.25, -0.2) is 0 Å². The lowest BCUT2D eigenvalue weighted by molar-refractivity contribution is -0.148. The summed E-state index contributed by atoms with van der Waals surface area (Å²) < 4.78 is 5.07. The van der Waals surface area contributed by atoms with Gasteiger partial charge in [0.25, 0.3) is 0 Å². The highest BCUT2D eigenvalue weighted by Crippen LogP contribution is 2.42. The van der Waals surface area contributed by atoms with Crippen molar-refractivity contribution >= 4 is 28.0 Å². The van der Waals surface area contributed by atoms with Crippen LogP contribution in [0.4, 0.5) is 0 Å². The van der Waals surface area contributed by atoms with Gasteiger partial charge >= 0.3 is 5.97 Å². The molecule has 1 aromatic rings. The third kappa shape index (κ3) is 2.92. The molecule has 2 bridgehead atoms. The average molecular weight is 350 g/mol. The first-order valence-electron chi connectivity index (χ1n) is 7.43. The second kappa shape index (κ2) is 6.32. The van der Waals surface area contributed by atoms with Crippen molar-refractivity contribution in [1.82, 2.24) is 5.32 Å². The molecule has 4 heteroatoms. The SMILES string of the molecule is COC(=O)[C@@H]1C2CCC(C[C@@H]1c1cccc(/C=C\Br)c1)N2. The molecule has 0 aliphatic carbocycles. The Morgan fingerprint density at radius 2 is 2.29 bits per heavy atom. The van der Waals surface area contributed by atoms with Crippen LogP contribution in [-0.4, -0.2) is 25.2 Å². The summed E-state index contributed by atoms with van der Waals surface area (Å²) in [5.41, 5.74) is 2.39. The first-order valence-corrected chi connectivity index (χ1v) is 8.35. The van der Waals surface area contributed by atoms with E-state index in [-0.39, 0.29) is 23.8 Å². The molecule has 2 aliphatic rings. The van der Waals surface area contributed by atoms with Crippen LogP contribution in [0.3, 0.4) is 0 Å². The zero-order valence-corrected chi connectivity index (χ0v) is 13.7. The van der Waals surface area contributed by atoms with Crippen LogP contribution in [0.25, 0.3) is 6.08 Å². The molecule has 3 nitrogen and oxygen atoms in total. The number of piperidine rings is 1. The van der Waals surface area contributed by atoms with E-state index in [4.69, 9.17) is 4.74 Å².